The van der Waals surface area contributed by atoms with Crippen LogP contribution in [-0.2, 0) is 11.3 Å². The number of carbonyl (C=O) groups excluding carboxylic acids is 1. The third kappa shape index (κ3) is 4.89. The molecule has 1 aromatic carbocycles. The molecule has 2 aromatic rings. The van der Waals surface area contributed by atoms with E-state index >= 15 is 0 Å². The van der Waals surface area contributed by atoms with Crippen LogP contribution >= 0.6 is 0 Å². The lowest BCUT2D eigenvalue weighted by Crippen LogP contribution is -2.27. The Bertz CT molecular complexity index is 847. The van der Waals surface area contributed by atoms with E-state index in [1.807, 2.05) is 0 Å². The van der Waals surface area contributed by atoms with Gasteiger partial charge in [-0.2, -0.15) is 0 Å². The highest BCUT2D eigenvalue weighted by molar-refractivity contribution is 5.94. The smallest absolute Gasteiger partial charge is 0.274 e. The van der Waals surface area contributed by atoms with Gasteiger partial charge in [0.2, 0.25) is 0 Å². The summed E-state index contributed by atoms with van der Waals surface area (Å²) in [5, 5.41) is 22.5. The molecule has 1 saturated carbocycles. The van der Waals surface area contributed by atoms with Crippen LogP contribution in [0.5, 0.6) is 0 Å². The summed E-state index contributed by atoms with van der Waals surface area (Å²) in [4.78, 5) is 16.2. The molecule has 1 heterocycles. The number of aromatic nitrogens is 3. The van der Waals surface area contributed by atoms with Crippen LogP contribution < -0.4 is 10.4 Å². The van der Waals surface area contributed by atoms with Crippen LogP contribution in [0.4, 0.5) is 8.78 Å². The Morgan fingerprint density at radius 1 is 1.39 bits per heavy atom. The predicted molar refractivity (Wildman–Crippen MR) is 94.6 cm³/mol. The zero-order valence-electron chi connectivity index (χ0n) is 15.3. The normalized spacial score (nSPS) is 14.5. The quantitative estimate of drug-likeness (QED) is 0.508. The molecule has 1 aromatic heterocycles. The van der Waals surface area contributed by atoms with Crippen molar-refractivity contribution in [3.8, 4) is 5.69 Å². The molecule has 8 nitrogen and oxygen atoms in total. The van der Waals surface area contributed by atoms with Crippen LogP contribution in [0.25, 0.3) is 5.69 Å². The van der Waals surface area contributed by atoms with Crippen molar-refractivity contribution in [1.82, 2.24) is 20.3 Å². The van der Waals surface area contributed by atoms with Crippen molar-refractivity contribution in [1.29, 1.82) is 0 Å². The fourth-order valence-corrected chi connectivity index (χ4v) is 2.52. The molecule has 28 heavy (non-hydrogen) atoms. The van der Waals surface area contributed by atoms with E-state index < -0.39 is 18.9 Å². The molecule has 1 aliphatic rings. The van der Waals surface area contributed by atoms with Gasteiger partial charge in [-0.1, -0.05) is 17.3 Å². The van der Waals surface area contributed by atoms with Crippen LogP contribution in [0.3, 0.4) is 0 Å². The maximum absolute atomic E-state index is 12.4. The van der Waals surface area contributed by atoms with Gasteiger partial charge in [0.1, 0.15) is 12.3 Å². The summed E-state index contributed by atoms with van der Waals surface area (Å²) in [5.74, 6) is -0.754. The van der Waals surface area contributed by atoms with Crippen LogP contribution in [-0.4, -0.2) is 52.4 Å². The first-order valence-corrected chi connectivity index (χ1v) is 8.93. The molecule has 1 fully saturated rings. The van der Waals surface area contributed by atoms with Gasteiger partial charge in [0, 0.05) is 12.6 Å². The summed E-state index contributed by atoms with van der Waals surface area (Å²) < 4.78 is 31.2. The van der Waals surface area contributed by atoms with E-state index in [-0.39, 0.29) is 29.9 Å². The van der Waals surface area contributed by atoms with E-state index in [4.69, 9.17) is 4.74 Å². The van der Waals surface area contributed by atoms with E-state index in [0.717, 1.165) is 12.8 Å². The topological polar surface area (TPSA) is 104 Å². The zero-order valence-corrected chi connectivity index (χ0v) is 15.3. The first-order valence-electron chi connectivity index (χ1n) is 8.93. The van der Waals surface area contributed by atoms with Gasteiger partial charge in [-0.25, -0.2) is 13.5 Å². The molecule has 3 rings (SSSR count). The van der Waals surface area contributed by atoms with Gasteiger partial charge in [-0.15, -0.1) is 5.10 Å². The summed E-state index contributed by atoms with van der Waals surface area (Å²) >= 11 is 0. The Kier molecular flexibility index (Phi) is 6.30. The molecular formula is C18H20F2N5O3-. The first kappa shape index (κ1) is 19.9. The lowest BCUT2D eigenvalue weighted by atomic mass is 10.2. The van der Waals surface area contributed by atoms with Crippen molar-refractivity contribution in [3.63, 3.8) is 0 Å². The molecule has 1 N–H and O–H groups in total. The number of amides is 1. The average Bonchev–Trinajstić information content (AvgIpc) is 3.38. The van der Waals surface area contributed by atoms with Crippen molar-refractivity contribution in [2.75, 3.05) is 13.2 Å². The fourth-order valence-electron chi connectivity index (χ4n) is 2.52. The van der Waals surface area contributed by atoms with Crippen molar-refractivity contribution < 1.29 is 23.4 Å². The third-order valence-electron chi connectivity index (χ3n) is 4.03. The third-order valence-corrected chi connectivity index (χ3v) is 4.03. The van der Waals surface area contributed by atoms with E-state index in [9.17, 15) is 18.7 Å². The zero-order chi connectivity index (χ0) is 20.1. The SMILES string of the molecule is CCN=C([O-])c1ccc(-n2nnc(C(=O)NC3CC3)c2COCC(F)F)cc1. The highest BCUT2D eigenvalue weighted by Crippen LogP contribution is 2.21. The molecule has 0 unspecified atom stereocenters. The monoisotopic (exact) mass is 392 g/mol. The number of nitrogens with zero attached hydrogens (tertiary/aromatic N) is 4. The number of hydrogen-bond acceptors (Lipinski definition) is 6. The van der Waals surface area contributed by atoms with Gasteiger partial charge < -0.3 is 20.2 Å². The Labute approximate surface area is 160 Å². The Morgan fingerprint density at radius 3 is 2.71 bits per heavy atom. The van der Waals surface area contributed by atoms with Gasteiger partial charge in [0.15, 0.2) is 5.69 Å². The molecule has 0 bridgehead atoms. The number of carbonyl (C=O) groups is 1. The van der Waals surface area contributed by atoms with Crippen molar-refractivity contribution >= 4 is 11.8 Å². The maximum atomic E-state index is 12.4. The van der Waals surface area contributed by atoms with Crippen LogP contribution in [0.1, 0.15) is 41.5 Å². The second-order valence-electron chi connectivity index (χ2n) is 6.28. The van der Waals surface area contributed by atoms with Gasteiger partial charge in [-0.05, 0) is 43.4 Å². The molecule has 1 aliphatic carbocycles. The minimum absolute atomic E-state index is 0.0299. The van der Waals surface area contributed by atoms with Gasteiger partial charge in [-0.3, -0.25) is 4.79 Å². The lowest BCUT2D eigenvalue weighted by Gasteiger charge is -2.12. The van der Waals surface area contributed by atoms with Crippen LogP contribution in [0.2, 0.25) is 0 Å². The number of rotatable bonds is 9. The number of nitrogens with one attached hydrogen (secondary N) is 1. The molecule has 0 saturated heterocycles. The Hall–Kier alpha value is -2.88. The molecular weight excluding hydrogens is 372 g/mol. The summed E-state index contributed by atoms with van der Waals surface area (Å²) in [6.45, 7) is 1.13. The Morgan fingerprint density at radius 2 is 2.11 bits per heavy atom. The largest absolute Gasteiger partial charge is 0.858 e. The maximum Gasteiger partial charge on any atom is 0.274 e. The highest BCUT2D eigenvalue weighted by atomic mass is 19.3. The molecule has 0 atom stereocenters. The van der Waals surface area contributed by atoms with E-state index in [0.29, 0.717) is 17.8 Å². The van der Waals surface area contributed by atoms with Crippen molar-refractivity contribution in [2.45, 2.75) is 38.8 Å². The van der Waals surface area contributed by atoms with Gasteiger partial charge in [0.05, 0.1) is 12.3 Å². The van der Waals surface area contributed by atoms with Gasteiger partial charge in [0.25, 0.3) is 12.3 Å². The first-order chi connectivity index (χ1) is 13.5. The standard InChI is InChI=1S/C18H21F2N5O3/c1-2-21-17(26)11-3-7-13(8-4-11)25-14(9-28-10-15(19)20)16(23-24-25)18(27)22-12-5-6-12/h3-4,7-8,12,15H,2,5-6,9-10H2,1H3,(H,21,26)(H,22,27)/p-1. The minimum Gasteiger partial charge on any atom is -0.858 e. The highest BCUT2D eigenvalue weighted by Gasteiger charge is 2.28. The summed E-state index contributed by atoms with van der Waals surface area (Å²) in [5.41, 5.74) is 1.22. The van der Waals surface area contributed by atoms with E-state index in [1.54, 1.807) is 31.2 Å². The predicted octanol–water partition coefficient (Wildman–Crippen LogP) is 1.07. The summed E-state index contributed by atoms with van der Waals surface area (Å²) in [6, 6.07) is 6.50. The number of benzene rings is 1. The van der Waals surface area contributed by atoms with Crippen LogP contribution in [0, 0.1) is 0 Å². The number of alkyl halides is 2. The second-order valence-corrected chi connectivity index (χ2v) is 6.28. The minimum atomic E-state index is -2.62. The average molecular weight is 392 g/mol. The molecule has 150 valence electrons. The Balaban J connectivity index is 1.87. The lowest BCUT2D eigenvalue weighted by molar-refractivity contribution is -0.213. The summed E-state index contributed by atoms with van der Waals surface area (Å²) in [6.07, 6.45) is -0.828. The second kappa shape index (κ2) is 8.87. The number of aliphatic imine (C=N–C) groups is 1. The van der Waals surface area contributed by atoms with Gasteiger partial charge >= 0.3 is 0 Å². The molecule has 10 heteroatoms. The van der Waals surface area contributed by atoms with Crippen molar-refractivity contribution in [2.24, 2.45) is 4.99 Å². The molecule has 0 aliphatic heterocycles. The molecule has 0 spiro atoms. The van der Waals surface area contributed by atoms with E-state index in [2.05, 4.69) is 20.6 Å². The number of hydrogen-bond donors (Lipinski definition) is 1. The molecule has 0 radical (unpaired) electrons. The van der Waals surface area contributed by atoms with E-state index in [1.165, 1.54) is 4.68 Å². The van der Waals surface area contributed by atoms with Crippen molar-refractivity contribution in [3.05, 3.63) is 41.2 Å². The van der Waals surface area contributed by atoms with Crippen LogP contribution in [0.15, 0.2) is 29.3 Å². The number of ether oxygens (including phenoxy) is 1. The number of halogens is 2. The summed E-state index contributed by atoms with van der Waals surface area (Å²) in [7, 11) is 0. The molecule has 1 amide bonds. The fraction of sp³-hybridized carbons (Fsp3) is 0.444.